The second kappa shape index (κ2) is 6.78. The van der Waals surface area contributed by atoms with Gasteiger partial charge >= 0.3 is 0 Å². The number of rotatable bonds is 2. The lowest BCUT2D eigenvalue weighted by atomic mass is 9.96. The van der Waals surface area contributed by atoms with Crippen molar-refractivity contribution in [3.8, 4) is 0 Å². The lowest BCUT2D eigenvalue weighted by molar-refractivity contribution is 0.415. The Morgan fingerprint density at radius 2 is 1.89 bits per heavy atom. The van der Waals surface area contributed by atoms with Crippen LogP contribution in [-0.4, -0.2) is 11.2 Å². The second-order valence-electron chi connectivity index (χ2n) is 4.99. The Balaban J connectivity index is 2.00. The maximum absolute atomic E-state index is 6.25. The molecule has 1 aromatic carbocycles. The molecule has 1 fully saturated rings. The van der Waals surface area contributed by atoms with Crippen LogP contribution in [0.2, 0.25) is 10.0 Å². The molecule has 1 aliphatic rings. The topological polar surface area (TPSA) is 24.1 Å². The molecule has 0 saturated heterocycles. The van der Waals surface area contributed by atoms with Crippen molar-refractivity contribution in [2.75, 3.05) is 5.32 Å². The number of nitrogens with one attached hydrogen (secondary N) is 2. The van der Waals surface area contributed by atoms with Gasteiger partial charge in [0.2, 0.25) is 0 Å². The summed E-state index contributed by atoms with van der Waals surface area (Å²) >= 11 is 17.7. The van der Waals surface area contributed by atoms with Crippen LogP contribution in [0.25, 0.3) is 0 Å². The van der Waals surface area contributed by atoms with E-state index in [2.05, 4.69) is 10.6 Å². The first-order valence-corrected chi connectivity index (χ1v) is 7.76. The van der Waals surface area contributed by atoms with Crippen LogP contribution in [-0.2, 0) is 0 Å². The molecule has 0 heterocycles. The molecule has 2 rings (SSSR count). The molecule has 104 valence electrons. The van der Waals surface area contributed by atoms with E-state index < -0.39 is 0 Å². The highest BCUT2D eigenvalue weighted by Gasteiger charge is 2.15. The molecule has 1 aliphatic carbocycles. The minimum absolute atomic E-state index is 0.469. The van der Waals surface area contributed by atoms with Gasteiger partial charge in [-0.05, 0) is 43.6 Å². The molecule has 0 spiro atoms. The van der Waals surface area contributed by atoms with E-state index in [9.17, 15) is 0 Å². The Morgan fingerprint density at radius 1 is 1.21 bits per heavy atom. The third-order valence-corrected chi connectivity index (χ3v) is 4.49. The van der Waals surface area contributed by atoms with Gasteiger partial charge in [0.15, 0.2) is 5.11 Å². The van der Waals surface area contributed by atoms with E-state index in [0.29, 0.717) is 26.9 Å². The fourth-order valence-corrected chi connectivity index (χ4v) is 3.09. The highest BCUT2D eigenvalue weighted by atomic mass is 35.5. The summed E-state index contributed by atoms with van der Waals surface area (Å²) in [5, 5.41) is 8.28. The molecule has 0 radical (unpaired) electrons. The first-order valence-electron chi connectivity index (χ1n) is 6.60. The van der Waals surface area contributed by atoms with Crippen LogP contribution in [0.15, 0.2) is 12.1 Å². The predicted octanol–water partition coefficient (Wildman–Crippen LogP) is 4.92. The highest BCUT2D eigenvalue weighted by molar-refractivity contribution is 7.80. The summed E-state index contributed by atoms with van der Waals surface area (Å²) in [6.07, 6.45) is 6.22. The maximum Gasteiger partial charge on any atom is 0.171 e. The van der Waals surface area contributed by atoms with Crippen LogP contribution in [0.5, 0.6) is 0 Å². The average Bonchev–Trinajstić information content (AvgIpc) is 2.40. The fourth-order valence-electron chi connectivity index (χ4n) is 2.35. The minimum Gasteiger partial charge on any atom is -0.360 e. The van der Waals surface area contributed by atoms with Crippen LogP contribution in [0, 0.1) is 6.92 Å². The van der Waals surface area contributed by atoms with Crippen LogP contribution < -0.4 is 10.6 Å². The van der Waals surface area contributed by atoms with Gasteiger partial charge in [0.05, 0.1) is 15.7 Å². The van der Waals surface area contributed by atoms with Gasteiger partial charge < -0.3 is 10.6 Å². The zero-order valence-corrected chi connectivity index (χ0v) is 13.3. The van der Waals surface area contributed by atoms with E-state index in [1.165, 1.54) is 32.1 Å². The highest BCUT2D eigenvalue weighted by Crippen LogP contribution is 2.32. The zero-order valence-electron chi connectivity index (χ0n) is 10.9. The van der Waals surface area contributed by atoms with Gasteiger partial charge in [-0.15, -0.1) is 0 Å². The molecular weight excluding hydrogens is 299 g/mol. The van der Waals surface area contributed by atoms with Gasteiger partial charge in [0.25, 0.3) is 0 Å². The Labute approximate surface area is 129 Å². The number of hydrogen-bond acceptors (Lipinski definition) is 1. The van der Waals surface area contributed by atoms with Crippen LogP contribution in [0.1, 0.15) is 37.7 Å². The quantitative estimate of drug-likeness (QED) is 0.757. The van der Waals surface area contributed by atoms with E-state index in [4.69, 9.17) is 35.4 Å². The van der Waals surface area contributed by atoms with Crippen molar-refractivity contribution in [1.82, 2.24) is 5.32 Å². The smallest absolute Gasteiger partial charge is 0.171 e. The number of anilines is 1. The van der Waals surface area contributed by atoms with Crippen molar-refractivity contribution in [3.05, 3.63) is 27.7 Å². The monoisotopic (exact) mass is 316 g/mol. The van der Waals surface area contributed by atoms with Crippen molar-refractivity contribution >= 4 is 46.2 Å². The zero-order chi connectivity index (χ0) is 13.8. The number of aryl methyl sites for hydroxylation is 1. The summed E-state index contributed by atoms with van der Waals surface area (Å²) < 4.78 is 0. The van der Waals surface area contributed by atoms with E-state index in [-0.39, 0.29) is 0 Å². The molecule has 0 atom stereocenters. The molecule has 0 aliphatic heterocycles. The number of benzene rings is 1. The Bertz CT molecular complexity index is 471. The molecule has 0 amide bonds. The molecular formula is C14H18Cl2N2S. The van der Waals surface area contributed by atoms with Crippen molar-refractivity contribution in [3.63, 3.8) is 0 Å². The van der Waals surface area contributed by atoms with Crippen molar-refractivity contribution in [1.29, 1.82) is 0 Å². The first kappa shape index (κ1) is 14.9. The molecule has 2 nitrogen and oxygen atoms in total. The van der Waals surface area contributed by atoms with Crippen molar-refractivity contribution in [2.24, 2.45) is 0 Å². The molecule has 1 saturated carbocycles. The van der Waals surface area contributed by atoms with E-state index >= 15 is 0 Å². The van der Waals surface area contributed by atoms with Gasteiger partial charge in [0.1, 0.15) is 0 Å². The lowest BCUT2D eigenvalue weighted by Crippen LogP contribution is -2.38. The van der Waals surface area contributed by atoms with Gasteiger partial charge in [0, 0.05) is 6.04 Å². The first-order chi connectivity index (χ1) is 9.08. The summed E-state index contributed by atoms with van der Waals surface area (Å²) in [6, 6.07) is 4.19. The molecule has 0 aromatic heterocycles. The van der Waals surface area contributed by atoms with Crippen molar-refractivity contribution < 1.29 is 0 Å². The Kier molecular flexibility index (Phi) is 5.31. The predicted molar refractivity (Wildman–Crippen MR) is 87.4 cm³/mol. The van der Waals surface area contributed by atoms with Crippen LogP contribution in [0.4, 0.5) is 5.69 Å². The number of hydrogen-bond donors (Lipinski definition) is 2. The molecule has 0 unspecified atom stereocenters. The summed E-state index contributed by atoms with van der Waals surface area (Å²) in [5.74, 6) is 0. The molecule has 0 bridgehead atoms. The SMILES string of the molecule is Cc1ccc(Cl)c(NC(=S)NC2CCCCC2)c1Cl. The third kappa shape index (κ3) is 3.98. The summed E-state index contributed by atoms with van der Waals surface area (Å²) in [5.41, 5.74) is 1.67. The summed E-state index contributed by atoms with van der Waals surface area (Å²) in [7, 11) is 0. The van der Waals surface area contributed by atoms with E-state index in [1.807, 2.05) is 19.1 Å². The second-order valence-corrected chi connectivity index (χ2v) is 6.18. The fraction of sp³-hybridized carbons (Fsp3) is 0.500. The van der Waals surface area contributed by atoms with E-state index in [0.717, 1.165) is 5.56 Å². The third-order valence-electron chi connectivity index (χ3n) is 3.46. The average molecular weight is 317 g/mol. The Morgan fingerprint density at radius 3 is 2.58 bits per heavy atom. The van der Waals surface area contributed by atoms with Gasteiger partial charge in [-0.3, -0.25) is 0 Å². The number of thiocarbonyl (C=S) groups is 1. The summed E-state index contributed by atoms with van der Waals surface area (Å²) in [4.78, 5) is 0. The largest absolute Gasteiger partial charge is 0.360 e. The Hall–Kier alpha value is -0.510. The lowest BCUT2D eigenvalue weighted by Gasteiger charge is -2.24. The standard InChI is InChI=1S/C14H18Cl2N2S/c1-9-7-8-11(15)13(12(9)16)18-14(19)17-10-5-3-2-4-6-10/h7-8,10H,2-6H2,1H3,(H2,17,18,19). The van der Waals surface area contributed by atoms with Crippen molar-refractivity contribution in [2.45, 2.75) is 45.1 Å². The van der Waals surface area contributed by atoms with E-state index in [1.54, 1.807) is 0 Å². The molecule has 19 heavy (non-hydrogen) atoms. The molecule has 1 aromatic rings. The van der Waals surface area contributed by atoms with Crippen LogP contribution >= 0.6 is 35.4 Å². The number of halogens is 2. The van der Waals surface area contributed by atoms with Gasteiger partial charge in [-0.2, -0.15) is 0 Å². The molecule has 5 heteroatoms. The minimum atomic E-state index is 0.469. The molecule has 2 N–H and O–H groups in total. The normalized spacial score (nSPS) is 16.2. The van der Waals surface area contributed by atoms with Crippen LogP contribution in [0.3, 0.4) is 0 Å². The maximum atomic E-state index is 6.25. The summed E-state index contributed by atoms with van der Waals surface area (Å²) in [6.45, 7) is 1.95. The van der Waals surface area contributed by atoms with Gasteiger partial charge in [-0.1, -0.05) is 48.5 Å². The van der Waals surface area contributed by atoms with Gasteiger partial charge in [-0.25, -0.2) is 0 Å².